The lowest BCUT2D eigenvalue weighted by molar-refractivity contribution is 1.10. The van der Waals surface area contributed by atoms with Gasteiger partial charge >= 0.3 is 0 Å². The summed E-state index contributed by atoms with van der Waals surface area (Å²) < 4.78 is 0. The number of benzene rings is 1. The molecule has 0 aliphatic carbocycles. The second-order valence-corrected chi connectivity index (χ2v) is 4.95. The third-order valence-electron chi connectivity index (χ3n) is 3.48. The first-order chi connectivity index (χ1) is 10.2. The fourth-order valence-electron chi connectivity index (χ4n) is 2.46. The SMILES string of the molecule is [C-]#[N+]c1cc(-c2ccc(-c3c(C)cccc3C)cn2)n[nH]1. The summed E-state index contributed by atoms with van der Waals surface area (Å²) in [6.45, 7) is 11.2. The highest BCUT2D eigenvalue weighted by Gasteiger charge is 2.08. The van der Waals surface area contributed by atoms with Gasteiger partial charge in [0.25, 0.3) is 5.82 Å². The Bertz CT molecular complexity index is 802. The lowest BCUT2D eigenvalue weighted by Gasteiger charge is -2.09. The summed E-state index contributed by atoms with van der Waals surface area (Å²) >= 11 is 0. The van der Waals surface area contributed by atoms with Crippen LogP contribution >= 0.6 is 0 Å². The van der Waals surface area contributed by atoms with Crippen LogP contribution in [0.4, 0.5) is 5.82 Å². The lowest BCUT2D eigenvalue weighted by Crippen LogP contribution is -1.90. The molecule has 0 amide bonds. The van der Waals surface area contributed by atoms with E-state index in [1.807, 2.05) is 18.3 Å². The van der Waals surface area contributed by atoms with E-state index >= 15 is 0 Å². The minimum Gasteiger partial charge on any atom is -0.362 e. The van der Waals surface area contributed by atoms with Crippen LogP contribution in [0, 0.1) is 20.4 Å². The van der Waals surface area contributed by atoms with Gasteiger partial charge in [-0.1, -0.05) is 30.8 Å². The molecule has 0 bridgehead atoms. The van der Waals surface area contributed by atoms with Crippen LogP contribution in [0.2, 0.25) is 0 Å². The normalized spacial score (nSPS) is 10.3. The van der Waals surface area contributed by atoms with Crippen molar-refractivity contribution in [3.8, 4) is 22.5 Å². The van der Waals surface area contributed by atoms with Crippen LogP contribution in [0.15, 0.2) is 42.6 Å². The molecule has 0 radical (unpaired) electrons. The molecule has 0 unspecified atom stereocenters. The van der Waals surface area contributed by atoms with Gasteiger partial charge in [0.1, 0.15) is 5.69 Å². The number of hydrogen-bond acceptors (Lipinski definition) is 2. The first-order valence-corrected chi connectivity index (χ1v) is 6.65. The Hall–Kier alpha value is -2.93. The Morgan fingerprint density at radius 1 is 1.05 bits per heavy atom. The van der Waals surface area contributed by atoms with Crippen molar-refractivity contribution in [2.75, 3.05) is 0 Å². The molecular formula is C17H14N4. The summed E-state index contributed by atoms with van der Waals surface area (Å²) in [6, 6.07) is 12.0. The molecule has 0 fully saturated rings. The van der Waals surface area contributed by atoms with Crippen molar-refractivity contribution in [3.63, 3.8) is 0 Å². The van der Waals surface area contributed by atoms with Crippen molar-refractivity contribution in [2.24, 2.45) is 0 Å². The monoisotopic (exact) mass is 274 g/mol. The van der Waals surface area contributed by atoms with E-state index in [1.54, 1.807) is 6.07 Å². The zero-order chi connectivity index (χ0) is 14.8. The van der Waals surface area contributed by atoms with Crippen molar-refractivity contribution in [1.29, 1.82) is 0 Å². The van der Waals surface area contributed by atoms with Crippen LogP contribution in [0.1, 0.15) is 11.1 Å². The maximum Gasteiger partial charge on any atom is 0.250 e. The standard InChI is InChI=1S/C17H14N4/c1-11-5-4-6-12(2)17(11)13-7-8-14(19-10-13)15-9-16(18-3)21-20-15/h4-10H,1-2H3,(H,20,21). The van der Waals surface area contributed by atoms with E-state index in [1.165, 1.54) is 16.7 Å². The number of H-pyrrole nitrogens is 1. The molecule has 1 N–H and O–H groups in total. The molecule has 0 spiro atoms. The number of hydrogen-bond donors (Lipinski definition) is 1. The summed E-state index contributed by atoms with van der Waals surface area (Å²) in [5, 5.41) is 6.77. The molecule has 21 heavy (non-hydrogen) atoms. The van der Waals surface area contributed by atoms with Crippen molar-refractivity contribution >= 4 is 5.82 Å². The molecule has 2 aromatic heterocycles. The van der Waals surface area contributed by atoms with Gasteiger partial charge in [-0.25, -0.2) is 5.10 Å². The van der Waals surface area contributed by atoms with Gasteiger partial charge in [0.15, 0.2) is 0 Å². The number of aryl methyl sites for hydroxylation is 2. The van der Waals surface area contributed by atoms with E-state index in [9.17, 15) is 0 Å². The number of aromatic nitrogens is 3. The Morgan fingerprint density at radius 2 is 1.81 bits per heavy atom. The molecule has 3 aromatic rings. The number of nitrogens with zero attached hydrogens (tertiary/aromatic N) is 3. The molecule has 4 heteroatoms. The van der Waals surface area contributed by atoms with E-state index in [0.717, 1.165) is 11.3 Å². The molecule has 102 valence electrons. The highest BCUT2D eigenvalue weighted by molar-refractivity contribution is 5.71. The van der Waals surface area contributed by atoms with E-state index in [-0.39, 0.29) is 0 Å². The lowest BCUT2D eigenvalue weighted by atomic mass is 9.97. The van der Waals surface area contributed by atoms with E-state index in [2.05, 4.69) is 52.1 Å². The minimum atomic E-state index is 0.422. The average molecular weight is 274 g/mol. The van der Waals surface area contributed by atoms with Crippen molar-refractivity contribution in [3.05, 3.63) is 65.1 Å². The fraction of sp³-hybridized carbons (Fsp3) is 0.118. The summed E-state index contributed by atoms with van der Waals surface area (Å²) in [6.07, 6.45) is 1.86. The quantitative estimate of drug-likeness (QED) is 0.708. The van der Waals surface area contributed by atoms with Gasteiger partial charge in [-0.15, -0.1) is 5.10 Å². The van der Waals surface area contributed by atoms with Crippen LogP contribution in [0.3, 0.4) is 0 Å². The first-order valence-electron chi connectivity index (χ1n) is 6.65. The Kier molecular flexibility index (Phi) is 3.25. The number of pyridine rings is 1. The Morgan fingerprint density at radius 3 is 2.38 bits per heavy atom. The Labute approximate surface area is 123 Å². The van der Waals surface area contributed by atoms with Gasteiger partial charge < -0.3 is 4.85 Å². The van der Waals surface area contributed by atoms with E-state index < -0.39 is 0 Å². The molecule has 3 rings (SSSR count). The van der Waals surface area contributed by atoms with Crippen molar-refractivity contribution in [2.45, 2.75) is 13.8 Å². The highest BCUT2D eigenvalue weighted by atomic mass is 15.2. The van der Waals surface area contributed by atoms with Crippen LogP contribution in [0.5, 0.6) is 0 Å². The smallest absolute Gasteiger partial charge is 0.250 e. The van der Waals surface area contributed by atoms with E-state index in [4.69, 9.17) is 6.57 Å². The van der Waals surface area contributed by atoms with Crippen molar-refractivity contribution < 1.29 is 0 Å². The topological polar surface area (TPSA) is 45.9 Å². The van der Waals surface area contributed by atoms with Crippen molar-refractivity contribution in [1.82, 2.24) is 15.2 Å². The van der Waals surface area contributed by atoms with Gasteiger partial charge in [-0.05, 0) is 42.7 Å². The van der Waals surface area contributed by atoms with Crippen LogP contribution < -0.4 is 0 Å². The summed E-state index contributed by atoms with van der Waals surface area (Å²) in [5.74, 6) is 0.422. The maximum atomic E-state index is 6.95. The molecule has 1 aromatic carbocycles. The first kappa shape index (κ1) is 13.1. The molecule has 0 atom stereocenters. The third-order valence-corrected chi connectivity index (χ3v) is 3.48. The van der Waals surface area contributed by atoms with Gasteiger partial charge in [-0.2, -0.15) is 0 Å². The molecule has 0 saturated carbocycles. The Balaban J connectivity index is 2.00. The summed E-state index contributed by atoms with van der Waals surface area (Å²) in [4.78, 5) is 7.78. The number of nitrogens with one attached hydrogen (secondary N) is 1. The minimum absolute atomic E-state index is 0.422. The van der Waals surface area contributed by atoms with E-state index in [0.29, 0.717) is 11.5 Å². The third kappa shape index (κ3) is 2.41. The van der Waals surface area contributed by atoms with Gasteiger partial charge in [0.2, 0.25) is 0 Å². The van der Waals surface area contributed by atoms with Crippen LogP contribution in [-0.2, 0) is 0 Å². The molecule has 4 nitrogen and oxygen atoms in total. The van der Waals surface area contributed by atoms with Gasteiger partial charge in [0.05, 0.1) is 5.69 Å². The predicted molar refractivity (Wildman–Crippen MR) is 83.0 cm³/mol. The molecule has 0 aliphatic heterocycles. The molecule has 0 saturated heterocycles. The summed E-state index contributed by atoms with van der Waals surface area (Å²) in [7, 11) is 0. The van der Waals surface area contributed by atoms with Crippen LogP contribution in [-0.4, -0.2) is 15.2 Å². The molecular weight excluding hydrogens is 260 g/mol. The van der Waals surface area contributed by atoms with Gasteiger partial charge in [-0.3, -0.25) is 4.98 Å². The highest BCUT2D eigenvalue weighted by Crippen LogP contribution is 2.28. The second-order valence-electron chi connectivity index (χ2n) is 4.95. The summed E-state index contributed by atoms with van der Waals surface area (Å²) in [5.41, 5.74) is 6.24. The predicted octanol–water partition coefficient (Wildman–Crippen LogP) is 4.31. The largest absolute Gasteiger partial charge is 0.362 e. The molecule has 2 heterocycles. The van der Waals surface area contributed by atoms with Gasteiger partial charge in [0, 0.05) is 11.8 Å². The molecule has 0 aliphatic rings. The fourth-order valence-corrected chi connectivity index (χ4v) is 2.46. The number of rotatable bonds is 2. The average Bonchev–Trinajstić information content (AvgIpc) is 2.97. The zero-order valence-corrected chi connectivity index (χ0v) is 11.9. The zero-order valence-electron chi connectivity index (χ0n) is 11.9. The second kappa shape index (κ2) is 5.22. The number of aromatic amines is 1. The maximum absolute atomic E-state index is 6.95. The van der Waals surface area contributed by atoms with Crippen LogP contribution in [0.25, 0.3) is 27.4 Å².